The number of rotatable bonds is 4. The monoisotopic (exact) mass is 327 g/mol. The summed E-state index contributed by atoms with van der Waals surface area (Å²) in [6.45, 7) is 4.62. The molecule has 0 aliphatic carbocycles. The quantitative estimate of drug-likeness (QED) is 0.734. The van der Waals surface area contributed by atoms with Crippen molar-refractivity contribution in [2.45, 2.75) is 6.54 Å². The number of piperazine rings is 1. The van der Waals surface area contributed by atoms with Crippen LogP contribution in [0.4, 0.5) is 5.95 Å². The summed E-state index contributed by atoms with van der Waals surface area (Å²) < 4.78 is 5.58. The summed E-state index contributed by atoms with van der Waals surface area (Å²) in [4.78, 5) is 18.9. The molecule has 0 saturated carbocycles. The van der Waals surface area contributed by atoms with Gasteiger partial charge in [0, 0.05) is 45.1 Å². The van der Waals surface area contributed by atoms with E-state index in [4.69, 9.17) is 4.42 Å². The molecule has 3 aromatic rings. The molecule has 1 aliphatic heterocycles. The zero-order valence-corrected chi connectivity index (χ0v) is 13.4. The van der Waals surface area contributed by atoms with Crippen LogP contribution in [0.1, 0.15) is 5.69 Å². The Bertz CT molecular complexity index is 735. The van der Waals surface area contributed by atoms with Gasteiger partial charge in [0.1, 0.15) is 6.26 Å². The largest absolute Gasteiger partial charge is 0.444 e. The third-order valence-electron chi connectivity index (χ3n) is 3.88. The van der Waals surface area contributed by atoms with Crippen molar-refractivity contribution in [2.75, 3.05) is 31.1 Å². The molecule has 118 valence electrons. The van der Waals surface area contributed by atoms with Gasteiger partial charge in [0.2, 0.25) is 11.8 Å². The van der Waals surface area contributed by atoms with E-state index in [-0.39, 0.29) is 0 Å². The van der Waals surface area contributed by atoms with E-state index in [0.29, 0.717) is 5.89 Å². The first-order valence-corrected chi connectivity index (χ1v) is 8.49. The van der Waals surface area contributed by atoms with E-state index >= 15 is 0 Å². The zero-order valence-electron chi connectivity index (χ0n) is 12.6. The fourth-order valence-corrected chi connectivity index (χ4v) is 3.34. The van der Waals surface area contributed by atoms with Crippen molar-refractivity contribution in [1.29, 1.82) is 0 Å². The molecule has 6 nitrogen and oxygen atoms in total. The number of hydrogen-bond donors (Lipinski definition) is 0. The highest BCUT2D eigenvalue weighted by atomic mass is 32.1. The molecule has 3 aromatic heterocycles. The van der Waals surface area contributed by atoms with Crippen molar-refractivity contribution in [1.82, 2.24) is 19.9 Å². The van der Waals surface area contributed by atoms with Crippen LogP contribution < -0.4 is 4.90 Å². The summed E-state index contributed by atoms with van der Waals surface area (Å²) in [6.07, 6.45) is 5.34. The molecule has 0 unspecified atom stereocenters. The fraction of sp³-hybridized carbons (Fsp3) is 0.312. The minimum atomic E-state index is 0.714. The molecule has 7 heteroatoms. The maximum atomic E-state index is 5.58. The number of thiophene rings is 1. The Labute approximate surface area is 138 Å². The Morgan fingerprint density at radius 2 is 1.91 bits per heavy atom. The number of aromatic nitrogens is 3. The van der Waals surface area contributed by atoms with Gasteiger partial charge in [-0.2, -0.15) is 0 Å². The second kappa shape index (κ2) is 6.47. The Balaban J connectivity index is 1.35. The third-order valence-corrected chi connectivity index (χ3v) is 4.73. The number of oxazole rings is 1. The molecule has 0 amide bonds. The highest BCUT2D eigenvalue weighted by Gasteiger charge is 2.20. The van der Waals surface area contributed by atoms with E-state index in [1.54, 1.807) is 30.0 Å². The lowest BCUT2D eigenvalue weighted by molar-refractivity contribution is 0.246. The summed E-state index contributed by atoms with van der Waals surface area (Å²) in [6, 6.07) is 5.88. The van der Waals surface area contributed by atoms with Gasteiger partial charge in [-0.3, -0.25) is 4.90 Å². The van der Waals surface area contributed by atoms with Crippen molar-refractivity contribution in [3.63, 3.8) is 0 Å². The first-order chi connectivity index (χ1) is 11.4. The van der Waals surface area contributed by atoms with Crippen LogP contribution in [-0.2, 0) is 6.54 Å². The second-order valence-corrected chi connectivity index (χ2v) is 6.38. The molecular weight excluding hydrogens is 310 g/mol. The second-order valence-electron chi connectivity index (χ2n) is 5.43. The molecule has 23 heavy (non-hydrogen) atoms. The standard InChI is InChI=1S/C16H17N5OS/c1-3-14(23-10-1)15-19-13(12-22-15)11-20-6-8-21(9-7-20)16-17-4-2-5-18-16/h1-5,10,12H,6-9,11H2. The molecule has 4 rings (SSSR count). The van der Waals surface area contributed by atoms with Gasteiger partial charge in [-0.05, 0) is 17.5 Å². The van der Waals surface area contributed by atoms with Gasteiger partial charge in [-0.25, -0.2) is 15.0 Å². The van der Waals surface area contributed by atoms with Gasteiger partial charge in [0.05, 0.1) is 10.6 Å². The van der Waals surface area contributed by atoms with Gasteiger partial charge in [0.15, 0.2) is 0 Å². The van der Waals surface area contributed by atoms with Crippen molar-refractivity contribution in [3.05, 3.63) is 47.9 Å². The van der Waals surface area contributed by atoms with Crippen LogP contribution in [0.3, 0.4) is 0 Å². The maximum Gasteiger partial charge on any atom is 0.236 e. The molecule has 0 radical (unpaired) electrons. The van der Waals surface area contributed by atoms with Crippen molar-refractivity contribution in [3.8, 4) is 10.8 Å². The van der Waals surface area contributed by atoms with E-state index in [0.717, 1.165) is 49.2 Å². The minimum Gasteiger partial charge on any atom is -0.444 e. The first kappa shape index (κ1) is 14.3. The highest BCUT2D eigenvalue weighted by Crippen LogP contribution is 2.24. The smallest absolute Gasteiger partial charge is 0.236 e. The van der Waals surface area contributed by atoms with Crippen molar-refractivity contribution in [2.24, 2.45) is 0 Å². The van der Waals surface area contributed by atoms with E-state index in [2.05, 4.69) is 24.8 Å². The fourth-order valence-electron chi connectivity index (χ4n) is 2.68. The van der Waals surface area contributed by atoms with Gasteiger partial charge in [-0.15, -0.1) is 11.3 Å². The Morgan fingerprint density at radius 3 is 2.65 bits per heavy atom. The summed E-state index contributed by atoms with van der Waals surface area (Å²) in [5.74, 6) is 1.53. The van der Waals surface area contributed by atoms with Crippen LogP contribution in [-0.4, -0.2) is 46.0 Å². The van der Waals surface area contributed by atoms with E-state index in [1.807, 2.05) is 23.6 Å². The van der Waals surface area contributed by atoms with Crippen LogP contribution in [0.15, 0.2) is 46.7 Å². The maximum absolute atomic E-state index is 5.58. The Hall–Kier alpha value is -2.25. The Morgan fingerprint density at radius 1 is 1.09 bits per heavy atom. The minimum absolute atomic E-state index is 0.714. The van der Waals surface area contributed by atoms with Gasteiger partial charge in [0.25, 0.3) is 0 Å². The van der Waals surface area contributed by atoms with Crippen LogP contribution in [0, 0.1) is 0 Å². The summed E-state index contributed by atoms with van der Waals surface area (Å²) in [5.41, 5.74) is 0.984. The Kier molecular flexibility index (Phi) is 4.04. The number of nitrogens with zero attached hydrogens (tertiary/aromatic N) is 5. The molecule has 1 saturated heterocycles. The third kappa shape index (κ3) is 3.25. The molecule has 0 bridgehead atoms. The number of hydrogen-bond acceptors (Lipinski definition) is 7. The zero-order chi connectivity index (χ0) is 15.5. The van der Waals surface area contributed by atoms with Crippen LogP contribution in [0.5, 0.6) is 0 Å². The first-order valence-electron chi connectivity index (χ1n) is 7.61. The molecule has 0 spiro atoms. The lowest BCUT2D eigenvalue weighted by Gasteiger charge is -2.34. The lowest BCUT2D eigenvalue weighted by Crippen LogP contribution is -2.46. The van der Waals surface area contributed by atoms with Crippen molar-refractivity contribution >= 4 is 17.3 Å². The summed E-state index contributed by atoms with van der Waals surface area (Å²) in [5, 5.41) is 2.03. The average molecular weight is 327 g/mol. The molecule has 1 fully saturated rings. The van der Waals surface area contributed by atoms with Crippen molar-refractivity contribution < 1.29 is 4.42 Å². The van der Waals surface area contributed by atoms with Crippen LogP contribution in [0.25, 0.3) is 10.8 Å². The van der Waals surface area contributed by atoms with E-state index in [9.17, 15) is 0 Å². The predicted molar refractivity (Wildman–Crippen MR) is 89.3 cm³/mol. The van der Waals surface area contributed by atoms with E-state index < -0.39 is 0 Å². The van der Waals surface area contributed by atoms with Crippen LogP contribution in [0.2, 0.25) is 0 Å². The molecule has 0 N–H and O–H groups in total. The van der Waals surface area contributed by atoms with E-state index in [1.165, 1.54) is 0 Å². The molecule has 0 atom stereocenters. The van der Waals surface area contributed by atoms with Crippen LogP contribution >= 0.6 is 11.3 Å². The molecular formula is C16H17N5OS. The molecule has 4 heterocycles. The lowest BCUT2D eigenvalue weighted by atomic mass is 10.3. The average Bonchev–Trinajstić information content (AvgIpc) is 3.28. The topological polar surface area (TPSA) is 58.3 Å². The normalized spacial score (nSPS) is 15.9. The summed E-state index contributed by atoms with van der Waals surface area (Å²) >= 11 is 1.64. The molecule has 1 aliphatic rings. The molecule has 0 aromatic carbocycles. The van der Waals surface area contributed by atoms with Gasteiger partial charge >= 0.3 is 0 Å². The summed E-state index contributed by atoms with van der Waals surface area (Å²) in [7, 11) is 0. The SMILES string of the molecule is c1cnc(N2CCN(Cc3coc(-c4cccs4)n3)CC2)nc1. The van der Waals surface area contributed by atoms with Gasteiger partial charge < -0.3 is 9.32 Å². The number of anilines is 1. The highest BCUT2D eigenvalue weighted by molar-refractivity contribution is 7.13. The predicted octanol–water partition coefficient (Wildman–Crippen LogP) is 2.52. The van der Waals surface area contributed by atoms with Gasteiger partial charge in [-0.1, -0.05) is 6.07 Å².